The molecule has 0 aliphatic carbocycles. The molecule has 2 unspecified atom stereocenters. The van der Waals surface area contributed by atoms with E-state index in [-0.39, 0.29) is 5.56 Å². The summed E-state index contributed by atoms with van der Waals surface area (Å²) in [6, 6.07) is 1.53. The van der Waals surface area contributed by atoms with Crippen LogP contribution in [-0.4, -0.2) is 22.9 Å². The average Bonchev–Trinajstić information content (AvgIpc) is 2.37. The van der Waals surface area contributed by atoms with Crippen molar-refractivity contribution in [2.75, 3.05) is 5.75 Å². The monoisotopic (exact) mass is 309 g/mol. The molecule has 1 aliphatic heterocycles. The number of halogens is 4. The van der Waals surface area contributed by atoms with Crippen LogP contribution in [0.15, 0.2) is 18.2 Å². The zero-order chi connectivity index (χ0) is 14.9. The summed E-state index contributed by atoms with van der Waals surface area (Å²) in [5, 5.41) is 10.7. The number of hydrogen-bond donors (Lipinski definition) is 2. The van der Waals surface area contributed by atoms with Gasteiger partial charge in [0.2, 0.25) is 0 Å². The third kappa shape index (κ3) is 3.24. The Bertz CT molecular complexity index is 521. The summed E-state index contributed by atoms with van der Waals surface area (Å²) >= 11 is 1.18. The highest BCUT2D eigenvalue weighted by Crippen LogP contribution is 2.40. The quantitative estimate of drug-likeness (QED) is 0.825. The third-order valence-corrected chi connectivity index (χ3v) is 4.14. The second-order valence-corrected chi connectivity index (χ2v) is 5.54. The fraction of sp³-hybridized carbons (Fsp3) is 0.417. The molecule has 2 N–H and O–H groups in total. The van der Waals surface area contributed by atoms with Crippen molar-refractivity contribution >= 4 is 17.7 Å². The van der Waals surface area contributed by atoms with Crippen LogP contribution in [0.1, 0.15) is 22.9 Å². The number of nitrogens with one attached hydrogen (secondary N) is 1. The van der Waals surface area contributed by atoms with Crippen molar-refractivity contribution in [3.63, 3.8) is 0 Å². The van der Waals surface area contributed by atoms with Crippen LogP contribution in [0.4, 0.5) is 17.6 Å². The van der Waals surface area contributed by atoms with Gasteiger partial charge in [-0.3, -0.25) is 10.1 Å². The van der Waals surface area contributed by atoms with E-state index in [1.54, 1.807) is 0 Å². The minimum atomic E-state index is -4.68. The van der Waals surface area contributed by atoms with Gasteiger partial charge in [0.05, 0.1) is 10.9 Å². The molecule has 8 heteroatoms. The minimum absolute atomic E-state index is 0.144. The molecule has 2 rings (SSSR count). The Morgan fingerprint density at radius 2 is 2.10 bits per heavy atom. The van der Waals surface area contributed by atoms with Gasteiger partial charge in [-0.1, -0.05) is 6.07 Å². The molecule has 0 spiro atoms. The molecule has 0 radical (unpaired) electrons. The maximum absolute atomic E-state index is 13.0. The van der Waals surface area contributed by atoms with Crippen LogP contribution in [0.2, 0.25) is 0 Å². The first-order valence-electron chi connectivity index (χ1n) is 5.76. The van der Waals surface area contributed by atoms with Gasteiger partial charge in [0.15, 0.2) is 0 Å². The van der Waals surface area contributed by atoms with Crippen LogP contribution in [0.3, 0.4) is 0 Å². The third-order valence-electron chi connectivity index (χ3n) is 2.94. The lowest BCUT2D eigenvalue weighted by Gasteiger charge is -2.30. The Kier molecular flexibility index (Phi) is 4.24. The Morgan fingerprint density at radius 3 is 2.70 bits per heavy atom. The topological polar surface area (TPSA) is 49.3 Å². The molecule has 1 fully saturated rings. The van der Waals surface area contributed by atoms with Crippen molar-refractivity contribution in [2.45, 2.75) is 24.0 Å². The average molecular weight is 309 g/mol. The van der Waals surface area contributed by atoms with Crippen molar-refractivity contribution in [1.82, 2.24) is 5.32 Å². The van der Waals surface area contributed by atoms with Crippen molar-refractivity contribution in [2.24, 2.45) is 0 Å². The molecule has 110 valence electrons. The second-order valence-electron chi connectivity index (χ2n) is 4.33. The summed E-state index contributed by atoms with van der Waals surface area (Å²) in [7, 11) is 0. The van der Waals surface area contributed by atoms with E-state index in [2.05, 4.69) is 5.32 Å². The summed E-state index contributed by atoms with van der Waals surface area (Å²) in [5.74, 6) is -1.66. The first-order valence-corrected chi connectivity index (χ1v) is 6.81. The summed E-state index contributed by atoms with van der Waals surface area (Å²) in [6.45, 7) is 0. The number of benzene rings is 1. The van der Waals surface area contributed by atoms with Crippen LogP contribution in [0, 0.1) is 5.82 Å². The maximum atomic E-state index is 13.0. The van der Waals surface area contributed by atoms with E-state index < -0.39 is 34.9 Å². The Morgan fingerprint density at radius 1 is 1.40 bits per heavy atom. The highest BCUT2D eigenvalue weighted by Gasteiger charge is 2.37. The van der Waals surface area contributed by atoms with Gasteiger partial charge in [0.25, 0.3) is 0 Å². The van der Waals surface area contributed by atoms with E-state index in [1.807, 2.05) is 0 Å². The maximum Gasteiger partial charge on any atom is 0.416 e. The number of aliphatic carboxylic acids is 1. The van der Waals surface area contributed by atoms with E-state index in [4.69, 9.17) is 5.11 Å². The molecular weight excluding hydrogens is 298 g/mol. The molecular formula is C12H11F4NO2S. The van der Waals surface area contributed by atoms with Gasteiger partial charge >= 0.3 is 12.1 Å². The molecule has 1 aromatic rings. The first kappa shape index (κ1) is 15.1. The minimum Gasteiger partial charge on any atom is -0.480 e. The zero-order valence-electron chi connectivity index (χ0n) is 10.1. The first-order chi connectivity index (χ1) is 9.29. The van der Waals surface area contributed by atoms with Crippen LogP contribution >= 0.6 is 11.8 Å². The van der Waals surface area contributed by atoms with Gasteiger partial charge in [-0.25, -0.2) is 4.39 Å². The molecule has 1 aliphatic rings. The molecule has 0 amide bonds. The van der Waals surface area contributed by atoms with E-state index >= 15 is 0 Å². The Balaban J connectivity index is 2.35. The lowest BCUT2D eigenvalue weighted by Crippen LogP contribution is -2.42. The summed E-state index contributed by atoms with van der Waals surface area (Å²) in [4.78, 5) is 10.9. The molecule has 1 saturated heterocycles. The molecule has 1 heterocycles. The fourth-order valence-electron chi connectivity index (χ4n) is 1.99. The highest BCUT2D eigenvalue weighted by molar-refractivity contribution is 7.99. The normalized spacial score (nSPS) is 23.6. The van der Waals surface area contributed by atoms with Crippen molar-refractivity contribution < 1.29 is 27.5 Å². The molecule has 0 bridgehead atoms. The van der Waals surface area contributed by atoms with Crippen molar-refractivity contribution in [3.05, 3.63) is 35.1 Å². The number of alkyl halides is 3. The molecule has 0 aromatic heterocycles. The predicted octanol–water partition coefficient (Wildman–Crippen LogP) is 3.02. The summed E-state index contributed by atoms with van der Waals surface area (Å²) in [5.41, 5.74) is -1.22. The standard InChI is InChI=1S/C12H11F4NO2S/c13-6-1-2-7(8(5-6)12(14,15)16)10-17-9(11(18)19)3-4-20-10/h1-2,5,9-10,17H,3-4H2,(H,18,19). The lowest BCUT2D eigenvalue weighted by molar-refractivity contribution is -0.139. The highest BCUT2D eigenvalue weighted by atomic mass is 32.2. The second kappa shape index (κ2) is 5.61. The van der Waals surface area contributed by atoms with E-state index in [1.165, 1.54) is 11.8 Å². The van der Waals surface area contributed by atoms with Gasteiger partial charge in [0, 0.05) is 0 Å². The Labute approximate surface area is 116 Å². The predicted molar refractivity (Wildman–Crippen MR) is 65.8 cm³/mol. The largest absolute Gasteiger partial charge is 0.480 e. The number of hydrogen-bond acceptors (Lipinski definition) is 3. The lowest BCUT2D eigenvalue weighted by atomic mass is 10.1. The van der Waals surface area contributed by atoms with Gasteiger partial charge in [-0.05, 0) is 29.9 Å². The molecule has 1 aromatic carbocycles. The summed E-state index contributed by atoms with van der Waals surface area (Å²) in [6.07, 6.45) is -4.35. The fourth-order valence-corrected chi connectivity index (χ4v) is 3.25. The van der Waals surface area contributed by atoms with E-state index in [0.717, 1.165) is 12.1 Å². The smallest absolute Gasteiger partial charge is 0.416 e. The van der Waals surface area contributed by atoms with Crippen molar-refractivity contribution in [3.8, 4) is 0 Å². The molecule has 3 nitrogen and oxygen atoms in total. The molecule has 2 atom stereocenters. The van der Waals surface area contributed by atoms with Crippen molar-refractivity contribution in [1.29, 1.82) is 0 Å². The number of rotatable bonds is 2. The van der Waals surface area contributed by atoms with Gasteiger partial charge < -0.3 is 5.11 Å². The molecule has 20 heavy (non-hydrogen) atoms. The van der Waals surface area contributed by atoms with E-state index in [0.29, 0.717) is 18.2 Å². The van der Waals surface area contributed by atoms with Crippen LogP contribution in [0.25, 0.3) is 0 Å². The molecule has 0 saturated carbocycles. The summed E-state index contributed by atoms with van der Waals surface area (Å²) < 4.78 is 51.8. The van der Waals surface area contributed by atoms with Gasteiger partial charge in [-0.2, -0.15) is 13.2 Å². The SMILES string of the molecule is O=C(O)C1CCSC(c2ccc(F)cc2C(F)(F)F)N1. The van der Waals surface area contributed by atoms with Gasteiger partial charge in [-0.15, -0.1) is 11.8 Å². The van der Waals surface area contributed by atoms with E-state index in [9.17, 15) is 22.4 Å². The zero-order valence-corrected chi connectivity index (χ0v) is 10.9. The number of thioether (sulfide) groups is 1. The van der Waals surface area contributed by atoms with Crippen LogP contribution < -0.4 is 5.32 Å². The number of carboxylic acid groups (broad SMARTS) is 1. The van der Waals surface area contributed by atoms with Crippen LogP contribution in [-0.2, 0) is 11.0 Å². The van der Waals surface area contributed by atoms with Crippen LogP contribution in [0.5, 0.6) is 0 Å². The van der Waals surface area contributed by atoms with Gasteiger partial charge in [0.1, 0.15) is 11.9 Å². The number of carboxylic acids is 1. The Hall–Kier alpha value is -1.28. The number of carbonyl (C=O) groups is 1.